The third-order valence-electron chi connectivity index (χ3n) is 2.77. The first-order valence-corrected chi connectivity index (χ1v) is 4.78. The van der Waals surface area contributed by atoms with Crippen LogP contribution in [-0.4, -0.2) is 24.3 Å². The van der Waals surface area contributed by atoms with E-state index in [1.165, 1.54) is 7.11 Å². The van der Waals surface area contributed by atoms with Crippen LogP contribution in [0.3, 0.4) is 0 Å². The van der Waals surface area contributed by atoms with Gasteiger partial charge in [-0.25, -0.2) is 4.79 Å². The predicted molar refractivity (Wildman–Crippen MR) is 54.4 cm³/mol. The van der Waals surface area contributed by atoms with E-state index in [0.717, 1.165) is 11.1 Å². The number of carbonyl (C=O) groups excluding carboxylic acids is 1. The van der Waals surface area contributed by atoms with E-state index in [1.807, 2.05) is 0 Å². The summed E-state index contributed by atoms with van der Waals surface area (Å²) in [6, 6.07) is 4.84. The second-order valence-corrected chi connectivity index (χ2v) is 3.70. The molecule has 2 rings (SSSR count). The Balaban J connectivity index is 2.37. The average molecular weight is 207 g/mol. The summed E-state index contributed by atoms with van der Waals surface area (Å²) < 4.78 is 4.62. The van der Waals surface area contributed by atoms with Crippen molar-refractivity contribution in [3.05, 3.63) is 34.9 Å². The molecule has 0 amide bonds. The van der Waals surface area contributed by atoms with Gasteiger partial charge in [-0.2, -0.15) is 0 Å². The molecule has 4 nitrogen and oxygen atoms in total. The molecule has 0 heterocycles. The maximum atomic E-state index is 11.3. The van der Waals surface area contributed by atoms with Gasteiger partial charge in [-0.05, 0) is 23.3 Å². The van der Waals surface area contributed by atoms with Crippen LogP contribution in [0.1, 0.15) is 27.5 Å². The van der Waals surface area contributed by atoms with Crippen molar-refractivity contribution in [2.24, 2.45) is 5.73 Å². The normalized spacial score (nSPS) is 23.7. The smallest absolute Gasteiger partial charge is 0.337 e. The van der Waals surface area contributed by atoms with E-state index in [9.17, 15) is 9.90 Å². The van der Waals surface area contributed by atoms with Crippen molar-refractivity contribution in [2.75, 3.05) is 7.11 Å². The van der Waals surface area contributed by atoms with Crippen LogP contribution in [-0.2, 0) is 11.2 Å². The van der Waals surface area contributed by atoms with Crippen molar-refractivity contribution >= 4 is 5.97 Å². The lowest BCUT2D eigenvalue weighted by molar-refractivity contribution is 0.0600. The number of methoxy groups -OCH3 is 1. The molecule has 1 unspecified atom stereocenters. The fourth-order valence-corrected chi connectivity index (χ4v) is 1.91. The molecule has 1 aliphatic carbocycles. The van der Waals surface area contributed by atoms with Crippen LogP contribution in [0.25, 0.3) is 0 Å². The van der Waals surface area contributed by atoms with Crippen molar-refractivity contribution in [3.8, 4) is 0 Å². The molecule has 0 spiro atoms. The summed E-state index contributed by atoms with van der Waals surface area (Å²) in [5.74, 6) is -0.368. The molecule has 4 heteroatoms. The number of carbonyl (C=O) groups is 1. The minimum absolute atomic E-state index is 0.341. The molecular weight excluding hydrogens is 194 g/mol. The molecule has 0 saturated carbocycles. The third-order valence-corrected chi connectivity index (χ3v) is 2.77. The molecule has 1 aromatic carbocycles. The summed E-state index contributed by atoms with van der Waals surface area (Å²) in [6.07, 6.45) is -0.0469. The molecule has 0 saturated heterocycles. The molecule has 1 aromatic rings. The lowest BCUT2D eigenvalue weighted by atomic mass is 10.1. The third kappa shape index (κ3) is 1.62. The maximum Gasteiger partial charge on any atom is 0.337 e. The van der Waals surface area contributed by atoms with Crippen LogP contribution in [0, 0.1) is 0 Å². The Bertz CT molecular complexity index is 403. The van der Waals surface area contributed by atoms with E-state index < -0.39 is 6.10 Å². The van der Waals surface area contributed by atoms with Crippen molar-refractivity contribution < 1.29 is 14.6 Å². The number of aliphatic hydroxyl groups is 1. The highest BCUT2D eigenvalue weighted by Crippen LogP contribution is 2.30. The van der Waals surface area contributed by atoms with Crippen LogP contribution >= 0.6 is 0 Å². The monoisotopic (exact) mass is 207 g/mol. The van der Waals surface area contributed by atoms with Crippen LogP contribution in [0.5, 0.6) is 0 Å². The number of benzene rings is 1. The van der Waals surface area contributed by atoms with Gasteiger partial charge in [0.05, 0.1) is 24.8 Å². The summed E-state index contributed by atoms with van der Waals surface area (Å²) >= 11 is 0. The minimum Gasteiger partial charge on any atom is -0.465 e. The Morgan fingerprint density at radius 2 is 2.33 bits per heavy atom. The van der Waals surface area contributed by atoms with Crippen molar-refractivity contribution in [1.29, 1.82) is 0 Å². The summed E-state index contributed by atoms with van der Waals surface area (Å²) in [5.41, 5.74) is 8.12. The Morgan fingerprint density at radius 3 is 3.00 bits per heavy atom. The molecule has 3 N–H and O–H groups in total. The number of fused-ring (bicyclic) bond motifs is 1. The molecule has 0 aliphatic heterocycles. The van der Waals surface area contributed by atoms with E-state index in [-0.39, 0.29) is 12.0 Å². The van der Waals surface area contributed by atoms with Crippen LogP contribution in [0.4, 0.5) is 0 Å². The van der Waals surface area contributed by atoms with E-state index in [0.29, 0.717) is 12.0 Å². The van der Waals surface area contributed by atoms with Crippen molar-refractivity contribution in [1.82, 2.24) is 0 Å². The summed E-state index contributed by atoms with van der Waals surface area (Å²) in [7, 11) is 1.34. The maximum absolute atomic E-state index is 11.3. The Kier molecular flexibility index (Phi) is 2.46. The van der Waals surface area contributed by atoms with Gasteiger partial charge in [0.15, 0.2) is 0 Å². The van der Waals surface area contributed by atoms with Crippen LogP contribution < -0.4 is 5.73 Å². The highest BCUT2D eigenvalue weighted by molar-refractivity contribution is 5.89. The Labute approximate surface area is 87.7 Å². The first-order valence-electron chi connectivity index (χ1n) is 4.78. The second kappa shape index (κ2) is 3.64. The molecule has 80 valence electrons. The van der Waals surface area contributed by atoms with Gasteiger partial charge in [0.2, 0.25) is 0 Å². The van der Waals surface area contributed by atoms with Crippen LogP contribution in [0.2, 0.25) is 0 Å². The van der Waals surface area contributed by atoms with Gasteiger partial charge in [0, 0.05) is 6.42 Å². The standard InChI is InChI=1S/C11H13NO3/c1-15-11(14)6-2-3-8-7(4-6)5-9(13)10(8)12/h2-4,9-10,13H,5,12H2,1H3/t9-,10?/m0/s1. The van der Waals surface area contributed by atoms with Crippen LogP contribution in [0.15, 0.2) is 18.2 Å². The number of ether oxygens (including phenoxy) is 1. The summed E-state index contributed by atoms with van der Waals surface area (Å²) in [4.78, 5) is 11.3. The van der Waals surface area contributed by atoms with Gasteiger partial charge in [-0.1, -0.05) is 6.07 Å². The van der Waals surface area contributed by atoms with E-state index in [2.05, 4.69) is 4.74 Å². The molecule has 0 radical (unpaired) electrons. The predicted octanol–water partition coefficient (Wildman–Crippen LogP) is 0.390. The zero-order chi connectivity index (χ0) is 11.0. The number of hydrogen-bond acceptors (Lipinski definition) is 4. The number of nitrogens with two attached hydrogens (primary N) is 1. The van der Waals surface area contributed by atoms with Gasteiger partial charge in [-0.3, -0.25) is 0 Å². The summed E-state index contributed by atoms with van der Waals surface area (Å²) in [5, 5.41) is 9.56. The van der Waals surface area contributed by atoms with Gasteiger partial charge in [-0.15, -0.1) is 0 Å². The van der Waals surface area contributed by atoms with E-state index >= 15 is 0 Å². The zero-order valence-corrected chi connectivity index (χ0v) is 8.43. The van der Waals surface area contributed by atoms with Gasteiger partial charge >= 0.3 is 5.97 Å². The lowest BCUT2D eigenvalue weighted by Crippen LogP contribution is -2.21. The number of hydrogen-bond donors (Lipinski definition) is 2. The number of rotatable bonds is 1. The summed E-state index contributed by atoms with van der Waals surface area (Å²) in [6.45, 7) is 0. The Morgan fingerprint density at radius 1 is 1.60 bits per heavy atom. The molecular formula is C11H13NO3. The topological polar surface area (TPSA) is 72.5 Å². The Hall–Kier alpha value is -1.39. The number of esters is 1. The van der Waals surface area contributed by atoms with Gasteiger partial charge in [0.1, 0.15) is 0 Å². The average Bonchev–Trinajstić information content (AvgIpc) is 2.53. The van der Waals surface area contributed by atoms with Gasteiger partial charge < -0.3 is 15.6 Å². The quantitative estimate of drug-likeness (QED) is 0.653. The highest BCUT2D eigenvalue weighted by atomic mass is 16.5. The van der Waals surface area contributed by atoms with E-state index in [1.54, 1.807) is 18.2 Å². The van der Waals surface area contributed by atoms with Crippen molar-refractivity contribution in [3.63, 3.8) is 0 Å². The van der Waals surface area contributed by atoms with Crippen molar-refractivity contribution in [2.45, 2.75) is 18.6 Å². The minimum atomic E-state index is -0.548. The largest absolute Gasteiger partial charge is 0.465 e. The zero-order valence-electron chi connectivity index (χ0n) is 8.43. The SMILES string of the molecule is COC(=O)c1ccc2c(c1)C[C@H](O)C2N. The fourth-order valence-electron chi connectivity index (χ4n) is 1.91. The second-order valence-electron chi connectivity index (χ2n) is 3.70. The number of aliphatic hydroxyl groups excluding tert-OH is 1. The molecule has 0 aromatic heterocycles. The molecule has 1 aliphatic rings. The first-order chi connectivity index (χ1) is 7.13. The first kappa shape index (κ1) is 10.1. The fraction of sp³-hybridized carbons (Fsp3) is 0.364. The van der Waals surface area contributed by atoms with Gasteiger partial charge in [0.25, 0.3) is 0 Å². The molecule has 2 atom stereocenters. The lowest BCUT2D eigenvalue weighted by Gasteiger charge is -2.08. The molecule has 0 bridgehead atoms. The van der Waals surface area contributed by atoms with E-state index in [4.69, 9.17) is 5.73 Å². The molecule has 15 heavy (non-hydrogen) atoms. The highest BCUT2D eigenvalue weighted by Gasteiger charge is 2.28. The molecule has 0 fully saturated rings.